The van der Waals surface area contributed by atoms with E-state index in [4.69, 9.17) is 0 Å². The molecule has 2 aliphatic heterocycles. The van der Waals surface area contributed by atoms with Crippen LogP contribution < -0.4 is 9.80 Å². The molecule has 50 heavy (non-hydrogen) atoms. The number of hydrogen-bond acceptors (Lipinski definition) is 3. The van der Waals surface area contributed by atoms with Gasteiger partial charge < -0.3 is 9.80 Å². The highest BCUT2D eigenvalue weighted by Crippen LogP contribution is 2.66. The van der Waals surface area contributed by atoms with Gasteiger partial charge in [0.15, 0.2) is 0 Å². The number of nitriles is 1. The van der Waals surface area contributed by atoms with Crippen LogP contribution >= 0.6 is 0 Å². The van der Waals surface area contributed by atoms with E-state index in [0.29, 0.717) is 5.56 Å². The first kappa shape index (κ1) is 28.6. The van der Waals surface area contributed by atoms with Crippen LogP contribution in [-0.2, 0) is 10.8 Å². The lowest BCUT2D eigenvalue weighted by molar-refractivity contribution is 0.632. The first-order valence-corrected chi connectivity index (χ1v) is 17.3. The fourth-order valence-corrected chi connectivity index (χ4v) is 9.28. The first-order chi connectivity index (χ1) is 24.5. The van der Waals surface area contributed by atoms with E-state index in [9.17, 15) is 5.26 Å². The van der Waals surface area contributed by atoms with Gasteiger partial charge in [-0.15, -0.1) is 0 Å². The molecule has 0 bridgehead atoms. The maximum absolute atomic E-state index is 9.60. The molecule has 0 saturated carbocycles. The largest absolute Gasteiger partial charge is 0.310 e. The van der Waals surface area contributed by atoms with Gasteiger partial charge in [-0.1, -0.05) is 117 Å². The van der Waals surface area contributed by atoms with E-state index in [2.05, 4.69) is 181 Å². The molecule has 2 heterocycles. The average Bonchev–Trinajstić information content (AvgIpc) is 3.46. The van der Waals surface area contributed by atoms with E-state index in [1.807, 2.05) is 12.1 Å². The maximum atomic E-state index is 9.60. The Morgan fingerprint density at radius 2 is 0.940 bits per heavy atom. The van der Waals surface area contributed by atoms with E-state index in [1.54, 1.807) is 0 Å². The highest BCUT2D eigenvalue weighted by Gasteiger charge is 2.54. The maximum Gasteiger partial charge on any atom is 0.0991 e. The second-order valence-corrected chi connectivity index (χ2v) is 14.0. The van der Waals surface area contributed by atoms with Crippen molar-refractivity contribution < 1.29 is 0 Å². The van der Waals surface area contributed by atoms with Crippen LogP contribution in [0.4, 0.5) is 34.1 Å². The van der Waals surface area contributed by atoms with Gasteiger partial charge >= 0.3 is 0 Å². The van der Waals surface area contributed by atoms with Crippen molar-refractivity contribution in [2.24, 2.45) is 0 Å². The normalized spacial score (nSPS) is 15.2. The minimum Gasteiger partial charge on any atom is -0.310 e. The lowest BCUT2D eigenvalue weighted by Gasteiger charge is -2.46. The summed E-state index contributed by atoms with van der Waals surface area (Å²) in [5.41, 5.74) is 17.2. The monoisotopic (exact) mass is 639 g/mol. The number of rotatable bonds is 2. The van der Waals surface area contributed by atoms with Crippen molar-refractivity contribution in [2.75, 3.05) is 9.80 Å². The zero-order chi connectivity index (χ0) is 33.6. The van der Waals surface area contributed by atoms with Crippen molar-refractivity contribution in [3.05, 3.63) is 203 Å². The standard InChI is InChI=1S/C47H33N3/c1-46(2)36-18-8-11-21-40(36)50(33-26-24-31(30-48)25-27-33)43-29-28-39-44(45(43)46)34-16-6-7-17-35(34)47(39)37-19-9-12-22-41(37)49(32-14-4-3-5-15-32)42-23-13-10-20-38(42)47/h3-29H,1-2H3. The molecule has 1 aliphatic carbocycles. The van der Waals surface area contributed by atoms with Gasteiger partial charge in [0.2, 0.25) is 0 Å². The summed E-state index contributed by atoms with van der Waals surface area (Å²) in [4.78, 5) is 4.83. The molecule has 3 aliphatic rings. The fraction of sp³-hybridized carbons (Fsp3) is 0.0851. The van der Waals surface area contributed by atoms with Crippen LogP contribution in [0, 0.1) is 11.3 Å². The Hall–Kier alpha value is -6.37. The zero-order valence-corrected chi connectivity index (χ0v) is 27.9. The number of hydrogen-bond donors (Lipinski definition) is 0. The molecule has 0 saturated heterocycles. The van der Waals surface area contributed by atoms with Gasteiger partial charge in [0, 0.05) is 16.8 Å². The van der Waals surface area contributed by atoms with Gasteiger partial charge in [-0.3, -0.25) is 0 Å². The Morgan fingerprint density at radius 3 is 1.58 bits per heavy atom. The quantitative estimate of drug-likeness (QED) is 0.189. The molecule has 7 aromatic carbocycles. The summed E-state index contributed by atoms with van der Waals surface area (Å²) in [6.45, 7) is 4.77. The molecule has 0 N–H and O–H groups in total. The van der Waals surface area contributed by atoms with Crippen LogP contribution in [0.1, 0.15) is 52.8 Å². The van der Waals surface area contributed by atoms with Crippen molar-refractivity contribution in [3.63, 3.8) is 0 Å². The fourth-order valence-electron chi connectivity index (χ4n) is 9.28. The minimum absolute atomic E-state index is 0.303. The van der Waals surface area contributed by atoms with Crippen LogP contribution in [-0.4, -0.2) is 0 Å². The molecule has 0 unspecified atom stereocenters. The van der Waals surface area contributed by atoms with E-state index in [0.717, 1.165) is 11.4 Å². The van der Waals surface area contributed by atoms with Crippen LogP contribution in [0.3, 0.4) is 0 Å². The van der Waals surface area contributed by atoms with E-state index in [-0.39, 0.29) is 5.41 Å². The molecule has 0 fully saturated rings. The third-order valence-electron chi connectivity index (χ3n) is 11.2. The van der Waals surface area contributed by atoms with Gasteiger partial charge in [-0.2, -0.15) is 5.26 Å². The van der Waals surface area contributed by atoms with Crippen LogP contribution in [0.15, 0.2) is 164 Å². The molecule has 7 aromatic rings. The number of para-hydroxylation sites is 4. The van der Waals surface area contributed by atoms with E-state index in [1.165, 1.54) is 67.3 Å². The predicted molar refractivity (Wildman–Crippen MR) is 204 cm³/mol. The third kappa shape index (κ3) is 3.58. The molecule has 0 atom stereocenters. The number of fused-ring (bicyclic) bond motifs is 12. The molecular formula is C47H33N3. The summed E-state index contributed by atoms with van der Waals surface area (Å²) in [6, 6.07) is 61.7. The summed E-state index contributed by atoms with van der Waals surface area (Å²) in [5, 5.41) is 9.60. The molecule has 3 heteroatoms. The number of benzene rings is 7. The van der Waals surface area contributed by atoms with Gasteiger partial charge in [0.25, 0.3) is 0 Å². The lowest BCUT2D eigenvalue weighted by Crippen LogP contribution is -2.36. The predicted octanol–water partition coefficient (Wildman–Crippen LogP) is 11.8. The van der Waals surface area contributed by atoms with Crippen molar-refractivity contribution in [3.8, 4) is 17.2 Å². The van der Waals surface area contributed by atoms with Crippen LogP contribution in [0.5, 0.6) is 0 Å². The SMILES string of the molecule is CC1(C)c2ccccc2N(c2ccc(C#N)cc2)c2ccc3c(c21)-c1ccccc1C31c2ccccc2N(c2ccccc2)c2ccccc21. The molecule has 0 radical (unpaired) electrons. The highest BCUT2D eigenvalue weighted by atomic mass is 15.2. The van der Waals surface area contributed by atoms with Crippen molar-refractivity contribution >= 4 is 34.1 Å². The molecule has 0 aromatic heterocycles. The molecule has 236 valence electrons. The highest BCUT2D eigenvalue weighted by molar-refractivity contribution is 6.00. The second kappa shape index (κ2) is 10.3. The van der Waals surface area contributed by atoms with E-state index < -0.39 is 5.41 Å². The summed E-state index contributed by atoms with van der Waals surface area (Å²) < 4.78 is 0. The van der Waals surface area contributed by atoms with Crippen LogP contribution in [0.2, 0.25) is 0 Å². The summed E-state index contributed by atoms with van der Waals surface area (Å²) in [7, 11) is 0. The Balaban J connectivity index is 1.33. The number of anilines is 6. The Labute approximate surface area is 292 Å². The van der Waals surface area contributed by atoms with Crippen molar-refractivity contribution in [2.45, 2.75) is 24.7 Å². The molecule has 3 nitrogen and oxygen atoms in total. The minimum atomic E-state index is -0.522. The van der Waals surface area contributed by atoms with Crippen molar-refractivity contribution in [1.29, 1.82) is 5.26 Å². The Kier molecular flexibility index (Phi) is 5.91. The van der Waals surface area contributed by atoms with Crippen LogP contribution in [0.25, 0.3) is 11.1 Å². The van der Waals surface area contributed by atoms with Gasteiger partial charge in [-0.25, -0.2) is 0 Å². The second-order valence-electron chi connectivity index (χ2n) is 14.0. The molecular weight excluding hydrogens is 607 g/mol. The van der Waals surface area contributed by atoms with Crippen molar-refractivity contribution in [1.82, 2.24) is 0 Å². The van der Waals surface area contributed by atoms with Gasteiger partial charge in [-0.05, 0) is 105 Å². The van der Waals surface area contributed by atoms with E-state index >= 15 is 0 Å². The smallest absolute Gasteiger partial charge is 0.0991 e. The lowest BCUT2D eigenvalue weighted by atomic mass is 9.63. The number of nitrogens with zero attached hydrogens (tertiary/aromatic N) is 3. The summed E-state index contributed by atoms with van der Waals surface area (Å²) in [6.07, 6.45) is 0. The Bertz CT molecular complexity index is 2490. The summed E-state index contributed by atoms with van der Waals surface area (Å²) >= 11 is 0. The Morgan fingerprint density at radius 1 is 0.440 bits per heavy atom. The van der Waals surface area contributed by atoms with Gasteiger partial charge in [0.1, 0.15) is 0 Å². The van der Waals surface area contributed by atoms with Gasteiger partial charge in [0.05, 0.1) is 39.8 Å². The molecule has 0 amide bonds. The average molecular weight is 640 g/mol. The molecule has 1 spiro atoms. The topological polar surface area (TPSA) is 30.3 Å². The third-order valence-corrected chi connectivity index (χ3v) is 11.2. The first-order valence-electron chi connectivity index (χ1n) is 17.3. The zero-order valence-electron chi connectivity index (χ0n) is 27.9. The summed E-state index contributed by atoms with van der Waals surface area (Å²) in [5.74, 6) is 0. The molecule has 10 rings (SSSR count).